The molecular formula is C17H25Cl2N5O2. The van der Waals surface area contributed by atoms with Crippen LogP contribution >= 0.6 is 24.8 Å². The van der Waals surface area contributed by atoms with Crippen LogP contribution in [0.3, 0.4) is 0 Å². The fourth-order valence-electron chi connectivity index (χ4n) is 2.67. The van der Waals surface area contributed by atoms with Gasteiger partial charge in [0.2, 0.25) is 5.91 Å². The van der Waals surface area contributed by atoms with Crippen molar-refractivity contribution >= 4 is 36.5 Å². The number of amides is 1. The highest BCUT2D eigenvalue weighted by Gasteiger charge is 2.20. The predicted molar refractivity (Wildman–Crippen MR) is 106 cm³/mol. The van der Waals surface area contributed by atoms with Crippen LogP contribution in [0.25, 0.3) is 5.69 Å². The summed E-state index contributed by atoms with van der Waals surface area (Å²) in [5.74, 6) is 0.554. The van der Waals surface area contributed by atoms with E-state index in [1.54, 1.807) is 4.68 Å². The Labute approximate surface area is 165 Å². The Morgan fingerprint density at radius 1 is 1.35 bits per heavy atom. The number of ether oxygens (including phenoxy) is 1. The van der Waals surface area contributed by atoms with E-state index in [0.29, 0.717) is 25.5 Å². The highest BCUT2D eigenvalue weighted by molar-refractivity contribution is 5.85. The molecule has 0 spiro atoms. The molecule has 0 bridgehead atoms. The highest BCUT2D eigenvalue weighted by atomic mass is 35.5. The van der Waals surface area contributed by atoms with Crippen LogP contribution in [0, 0.1) is 0 Å². The molecule has 4 N–H and O–H groups in total. The van der Waals surface area contributed by atoms with Crippen LogP contribution in [0.15, 0.2) is 36.4 Å². The van der Waals surface area contributed by atoms with Gasteiger partial charge in [0.15, 0.2) is 0 Å². The van der Waals surface area contributed by atoms with Gasteiger partial charge in [0.05, 0.1) is 18.0 Å². The minimum Gasteiger partial charge on any atom is -0.384 e. The molecule has 0 aliphatic carbocycles. The summed E-state index contributed by atoms with van der Waals surface area (Å²) in [5.41, 5.74) is 7.89. The molecule has 7 nitrogen and oxygen atoms in total. The molecule has 26 heavy (non-hydrogen) atoms. The predicted octanol–water partition coefficient (Wildman–Crippen LogP) is 1.34. The van der Waals surface area contributed by atoms with Crippen LogP contribution in [-0.4, -0.2) is 48.0 Å². The maximum atomic E-state index is 11.9. The number of halogens is 2. The summed E-state index contributed by atoms with van der Waals surface area (Å²) < 4.78 is 7.15. The van der Waals surface area contributed by atoms with E-state index in [-0.39, 0.29) is 36.8 Å². The second kappa shape index (κ2) is 11.0. The molecule has 1 aliphatic heterocycles. The van der Waals surface area contributed by atoms with Gasteiger partial charge in [-0.2, -0.15) is 5.10 Å². The Morgan fingerprint density at radius 2 is 2.12 bits per heavy atom. The first-order chi connectivity index (χ1) is 11.7. The molecule has 1 aliphatic rings. The second-order valence-corrected chi connectivity index (χ2v) is 5.77. The van der Waals surface area contributed by atoms with Gasteiger partial charge in [0, 0.05) is 25.7 Å². The van der Waals surface area contributed by atoms with Crippen LogP contribution < -0.4 is 16.4 Å². The van der Waals surface area contributed by atoms with Crippen molar-refractivity contribution in [2.45, 2.75) is 18.9 Å². The van der Waals surface area contributed by atoms with Gasteiger partial charge in [-0.1, -0.05) is 18.2 Å². The number of aryl methyl sites for hydroxylation is 1. The van der Waals surface area contributed by atoms with Gasteiger partial charge in [0.25, 0.3) is 0 Å². The molecular weight excluding hydrogens is 377 g/mol. The number of carbonyl (C=O) groups is 1. The van der Waals surface area contributed by atoms with Crippen molar-refractivity contribution in [2.24, 2.45) is 0 Å². The van der Waals surface area contributed by atoms with Crippen molar-refractivity contribution in [1.29, 1.82) is 0 Å². The maximum Gasteiger partial charge on any atom is 0.250 e. The minimum atomic E-state index is -0.383. The van der Waals surface area contributed by atoms with Crippen LogP contribution in [0.5, 0.6) is 0 Å². The van der Waals surface area contributed by atoms with Crippen molar-refractivity contribution in [3.63, 3.8) is 0 Å². The summed E-state index contributed by atoms with van der Waals surface area (Å²) in [5, 5.41) is 10.6. The average molecular weight is 402 g/mol. The molecule has 0 radical (unpaired) electrons. The average Bonchev–Trinajstić information content (AvgIpc) is 3.01. The molecule has 2 aromatic rings. The zero-order valence-corrected chi connectivity index (χ0v) is 16.0. The molecule has 0 saturated carbocycles. The smallest absolute Gasteiger partial charge is 0.250 e. The number of aromatic nitrogens is 2. The molecule has 1 fully saturated rings. The van der Waals surface area contributed by atoms with E-state index in [1.807, 2.05) is 36.4 Å². The number of nitrogens with zero attached hydrogens (tertiary/aromatic N) is 2. The number of carbonyl (C=O) groups excluding carboxylic acids is 1. The summed E-state index contributed by atoms with van der Waals surface area (Å²) in [6.45, 7) is 2.55. The number of rotatable bonds is 6. The Balaban J connectivity index is 0.00000169. The Bertz CT molecular complexity index is 675. The number of hydrogen-bond acceptors (Lipinski definition) is 5. The summed E-state index contributed by atoms with van der Waals surface area (Å²) in [4.78, 5) is 11.9. The molecule has 1 amide bonds. The third-order valence-electron chi connectivity index (χ3n) is 3.92. The third kappa shape index (κ3) is 5.88. The summed E-state index contributed by atoms with van der Waals surface area (Å²) in [6, 6.07) is 11.7. The molecule has 144 valence electrons. The number of morpholine rings is 1. The lowest BCUT2D eigenvalue weighted by Crippen LogP contribution is -2.48. The fourth-order valence-corrected chi connectivity index (χ4v) is 2.67. The van der Waals surface area contributed by atoms with Gasteiger partial charge >= 0.3 is 0 Å². The Kier molecular flexibility index (Phi) is 9.43. The molecule has 1 aromatic heterocycles. The topological polar surface area (TPSA) is 94.2 Å². The van der Waals surface area contributed by atoms with E-state index < -0.39 is 0 Å². The molecule has 1 aromatic carbocycles. The maximum absolute atomic E-state index is 11.9. The molecule has 2 heterocycles. The summed E-state index contributed by atoms with van der Waals surface area (Å²) >= 11 is 0. The monoisotopic (exact) mass is 401 g/mol. The molecule has 1 saturated heterocycles. The molecule has 1 atom stereocenters. The Hall–Kier alpha value is -1.80. The van der Waals surface area contributed by atoms with E-state index in [9.17, 15) is 4.79 Å². The molecule has 9 heteroatoms. The van der Waals surface area contributed by atoms with Crippen molar-refractivity contribution < 1.29 is 9.53 Å². The van der Waals surface area contributed by atoms with Gasteiger partial charge < -0.3 is 21.1 Å². The number of nitrogens with one attached hydrogen (secondary N) is 2. The van der Waals surface area contributed by atoms with Gasteiger partial charge in [0.1, 0.15) is 11.9 Å². The summed E-state index contributed by atoms with van der Waals surface area (Å²) in [7, 11) is 0. The van der Waals surface area contributed by atoms with E-state index in [0.717, 1.165) is 30.8 Å². The van der Waals surface area contributed by atoms with E-state index >= 15 is 0 Å². The first-order valence-electron chi connectivity index (χ1n) is 8.24. The zero-order valence-electron chi connectivity index (χ0n) is 14.4. The van der Waals surface area contributed by atoms with Crippen LogP contribution in [0.1, 0.15) is 12.1 Å². The van der Waals surface area contributed by atoms with Crippen molar-refractivity contribution in [2.75, 3.05) is 32.0 Å². The van der Waals surface area contributed by atoms with Crippen LogP contribution in [0.4, 0.5) is 5.82 Å². The largest absolute Gasteiger partial charge is 0.384 e. The number of nitrogen functional groups attached to an aromatic ring is 1. The van der Waals surface area contributed by atoms with Gasteiger partial charge in [-0.05, 0) is 25.0 Å². The fraction of sp³-hybridized carbons (Fsp3) is 0.412. The van der Waals surface area contributed by atoms with E-state index in [1.165, 1.54) is 0 Å². The van der Waals surface area contributed by atoms with E-state index in [4.69, 9.17) is 10.5 Å². The first-order valence-corrected chi connectivity index (χ1v) is 8.24. The lowest BCUT2D eigenvalue weighted by Gasteiger charge is -2.22. The highest BCUT2D eigenvalue weighted by Crippen LogP contribution is 2.14. The van der Waals surface area contributed by atoms with Crippen LogP contribution in [0.2, 0.25) is 0 Å². The van der Waals surface area contributed by atoms with Gasteiger partial charge in [-0.25, -0.2) is 4.68 Å². The number of para-hydroxylation sites is 1. The van der Waals surface area contributed by atoms with E-state index in [2.05, 4.69) is 15.7 Å². The number of benzene rings is 1. The normalized spacial score (nSPS) is 16.2. The van der Waals surface area contributed by atoms with Crippen LogP contribution in [-0.2, 0) is 16.0 Å². The zero-order chi connectivity index (χ0) is 16.8. The third-order valence-corrected chi connectivity index (χ3v) is 3.92. The number of hydrogen-bond donors (Lipinski definition) is 3. The van der Waals surface area contributed by atoms with Crippen molar-refractivity contribution in [1.82, 2.24) is 20.4 Å². The SMILES string of the molecule is Cl.Cl.Nc1cc(CCCNC(=O)C2CNCCO2)nn1-c1ccccc1. The lowest BCUT2D eigenvalue weighted by molar-refractivity contribution is -0.134. The van der Waals surface area contributed by atoms with Gasteiger partial charge in [-0.3, -0.25) is 4.79 Å². The van der Waals surface area contributed by atoms with Gasteiger partial charge in [-0.15, -0.1) is 24.8 Å². The molecule has 3 rings (SSSR count). The summed E-state index contributed by atoms with van der Waals surface area (Å²) in [6.07, 6.45) is 1.18. The number of nitrogens with two attached hydrogens (primary N) is 1. The minimum absolute atomic E-state index is 0. The first kappa shape index (κ1) is 22.2. The Morgan fingerprint density at radius 3 is 2.81 bits per heavy atom. The number of anilines is 1. The lowest BCUT2D eigenvalue weighted by atomic mass is 10.2. The van der Waals surface area contributed by atoms with Crippen molar-refractivity contribution in [3.8, 4) is 5.69 Å². The molecule has 1 unspecified atom stereocenters. The quantitative estimate of drug-likeness (QED) is 0.634. The second-order valence-electron chi connectivity index (χ2n) is 5.77. The standard InChI is InChI=1S/C17H23N5O2.2ClH/c18-16-11-13(21-22(16)14-6-2-1-3-7-14)5-4-8-20-17(23)15-12-19-9-10-24-15;;/h1-3,6-7,11,15,19H,4-5,8-10,12,18H2,(H,20,23);2*1H. The van der Waals surface area contributed by atoms with Crippen molar-refractivity contribution in [3.05, 3.63) is 42.1 Å².